The van der Waals surface area contributed by atoms with Crippen molar-refractivity contribution >= 4 is 5.82 Å². The van der Waals surface area contributed by atoms with Crippen molar-refractivity contribution in [3.05, 3.63) is 35.6 Å². The van der Waals surface area contributed by atoms with Crippen LogP contribution in [0.2, 0.25) is 0 Å². The fraction of sp³-hybridized carbons (Fsp3) is 0.529. The predicted octanol–water partition coefficient (Wildman–Crippen LogP) is 2.22. The second kappa shape index (κ2) is 7.88. The Morgan fingerprint density at radius 1 is 1.46 bits per heavy atom. The van der Waals surface area contributed by atoms with E-state index in [1.165, 1.54) is 0 Å². The summed E-state index contributed by atoms with van der Waals surface area (Å²) < 4.78 is 5.24. The Kier molecular flexibility index (Phi) is 5.39. The lowest BCUT2D eigenvalue weighted by atomic mass is 10.1. The molecule has 1 aliphatic heterocycles. The highest BCUT2D eigenvalue weighted by Gasteiger charge is 2.23. The lowest BCUT2D eigenvalue weighted by Crippen LogP contribution is -2.23. The normalized spacial score (nSPS) is 17.8. The molecule has 2 aromatic heterocycles. The van der Waals surface area contributed by atoms with E-state index in [0.29, 0.717) is 11.5 Å². The van der Waals surface area contributed by atoms with Crippen molar-refractivity contribution in [2.24, 2.45) is 5.92 Å². The molecule has 24 heavy (non-hydrogen) atoms. The Balaban J connectivity index is 1.43. The molecule has 7 nitrogen and oxygen atoms in total. The number of rotatable bonds is 7. The van der Waals surface area contributed by atoms with Crippen LogP contribution in [-0.2, 0) is 13.0 Å². The molecule has 1 unspecified atom stereocenters. The maximum absolute atomic E-state index is 8.78. The van der Waals surface area contributed by atoms with Crippen LogP contribution >= 0.6 is 0 Å². The first-order chi connectivity index (χ1) is 11.8. The Hall–Kier alpha value is -2.46. The molecule has 2 aromatic rings. The quantitative estimate of drug-likeness (QED) is 0.834. The molecule has 3 heterocycles. The van der Waals surface area contributed by atoms with Crippen LogP contribution in [-0.4, -0.2) is 39.7 Å². The Labute approximate surface area is 141 Å². The van der Waals surface area contributed by atoms with E-state index in [9.17, 15) is 0 Å². The van der Waals surface area contributed by atoms with Gasteiger partial charge < -0.3 is 9.84 Å². The highest BCUT2D eigenvalue weighted by molar-refractivity contribution is 5.38. The van der Waals surface area contributed by atoms with Crippen molar-refractivity contribution in [1.29, 1.82) is 5.26 Å². The molecule has 0 saturated carbocycles. The number of nitrogens with zero attached hydrogens (tertiary/aromatic N) is 5. The van der Waals surface area contributed by atoms with Gasteiger partial charge in [0.25, 0.3) is 0 Å². The van der Waals surface area contributed by atoms with Crippen molar-refractivity contribution in [3.63, 3.8) is 0 Å². The lowest BCUT2D eigenvalue weighted by Gasteiger charge is -2.14. The molecular formula is C17H22N6O. The molecule has 1 aliphatic rings. The number of nitrogens with one attached hydrogen (secondary N) is 1. The standard InChI is InChI=1S/C17H22N6O/c1-2-3-17-21-16(22-24-17)12-23-7-6-14(11-23)10-20-15-5-4-13(8-18)9-19-15/h4-5,9,14H,2-3,6-7,10-12H2,1H3,(H,19,20). The van der Waals surface area contributed by atoms with E-state index in [1.54, 1.807) is 12.3 Å². The number of anilines is 1. The summed E-state index contributed by atoms with van der Waals surface area (Å²) in [6.45, 7) is 5.79. The van der Waals surface area contributed by atoms with E-state index in [1.807, 2.05) is 6.07 Å². The summed E-state index contributed by atoms with van der Waals surface area (Å²) in [7, 11) is 0. The van der Waals surface area contributed by atoms with Gasteiger partial charge in [0.1, 0.15) is 11.9 Å². The summed E-state index contributed by atoms with van der Waals surface area (Å²) in [5.41, 5.74) is 0.579. The zero-order valence-electron chi connectivity index (χ0n) is 13.9. The molecule has 0 spiro atoms. The molecule has 0 bridgehead atoms. The predicted molar refractivity (Wildman–Crippen MR) is 89.1 cm³/mol. The van der Waals surface area contributed by atoms with Crippen molar-refractivity contribution in [3.8, 4) is 6.07 Å². The van der Waals surface area contributed by atoms with Crippen molar-refractivity contribution < 1.29 is 4.52 Å². The minimum Gasteiger partial charge on any atom is -0.370 e. The van der Waals surface area contributed by atoms with Gasteiger partial charge in [-0.3, -0.25) is 4.90 Å². The molecule has 126 valence electrons. The molecule has 0 aliphatic carbocycles. The molecule has 1 saturated heterocycles. The number of aromatic nitrogens is 3. The third-order valence-corrected chi connectivity index (χ3v) is 4.17. The highest BCUT2D eigenvalue weighted by Crippen LogP contribution is 2.18. The Bertz CT molecular complexity index is 690. The number of hydrogen-bond donors (Lipinski definition) is 1. The zero-order chi connectivity index (χ0) is 16.8. The summed E-state index contributed by atoms with van der Waals surface area (Å²) in [5, 5.41) is 16.2. The molecule has 7 heteroatoms. The molecule has 1 atom stereocenters. The third-order valence-electron chi connectivity index (χ3n) is 4.17. The molecule has 3 rings (SSSR count). The van der Waals surface area contributed by atoms with Gasteiger partial charge in [-0.1, -0.05) is 12.1 Å². The summed E-state index contributed by atoms with van der Waals surface area (Å²) in [4.78, 5) is 11.0. The van der Waals surface area contributed by atoms with E-state index < -0.39 is 0 Å². The largest absolute Gasteiger partial charge is 0.370 e. The lowest BCUT2D eigenvalue weighted by molar-refractivity contribution is 0.300. The molecule has 0 amide bonds. The van der Waals surface area contributed by atoms with E-state index in [4.69, 9.17) is 9.78 Å². The fourth-order valence-corrected chi connectivity index (χ4v) is 2.91. The van der Waals surface area contributed by atoms with Crippen molar-refractivity contribution in [1.82, 2.24) is 20.0 Å². The first-order valence-corrected chi connectivity index (χ1v) is 8.40. The zero-order valence-corrected chi connectivity index (χ0v) is 13.9. The third kappa shape index (κ3) is 4.30. The van der Waals surface area contributed by atoms with Gasteiger partial charge in [0.05, 0.1) is 12.1 Å². The van der Waals surface area contributed by atoms with Crippen LogP contribution < -0.4 is 5.32 Å². The first kappa shape index (κ1) is 16.4. The smallest absolute Gasteiger partial charge is 0.226 e. The maximum atomic E-state index is 8.78. The van der Waals surface area contributed by atoms with Gasteiger partial charge in [-0.2, -0.15) is 10.2 Å². The number of likely N-dealkylation sites (tertiary alicyclic amines) is 1. The topological polar surface area (TPSA) is 90.9 Å². The molecular weight excluding hydrogens is 304 g/mol. The highest BCUT2D eigenvalue weighted by atomic mass is 16.5. The van der Waals surface area contributed by atoms with Crippen LogP contribution in [0.3, 0.4) is 0 Å². The van der Waals surface area contributed by atoms with Crippen LogP contribution in [0, 0.1) is 17.2 Å². The minimum absolute atomic E-state index is 0.574. The second-order valence-electron chi connectivity index (χ2n) is 6.17. The molecule has 1 N–H and O–H groups in total. The average Bonchev–Trinajstić information content (AvgIpc) is 3.24. The van der Waals surface area contributed by atoms with E-state index in [0.717, 1.165) is 63.0 Å². The Morgan fingerprint density at radius 3 is 3.12 bits per heavy atom. The SMILES string of the molecule is CCCc1nc(CN2CCC(CNc3ccc(C#N)cn3)C2)no1. The number of nitriles is 1. The summed E-state index contributed by atoms with van der Waals surface area (Å²) >= 11 is 0. The summed E-state index contributed by atoms with van der Waals surface area (Å²) in [6.07, 6.45) is 4.59. The average molecular weight is 326 g/mol. The maximum Gasteiger partial charge on any atom is 0.226 e. The fourth-order valence-electron chi connectivity index (χ4n) is 2.91. The molecule has 0 aromatic carbocycles. The second-order valence-corrected chi connectivity index (χ2v) is 6.17. The van der Waals surface area contributed by atoms with Gasteiger partial charge in [0.2, 0.25) is 5.89 Å². The number of pyridine rings is 1. The van der Waals surface area contributed by atoms with Crippen molar-refractivity contribution in [2.45, 2.75) is 32.7 Å². The van der Waals surface area contributed by atoms with Gasteiger partial charge in [0.15, 0.2) is 5.82 Å². The minimum atomic E-state index is 0.574. The summed E-state index contributed by atoms with van der Waals surface area (Å²) in [6, 6.07) is 5.70. The molecule has 0 radical (unpaired) electrons. The van der Waals surface area contributed by atoms with Crippen LogP contribution in [0.15, 0.2) is 22.9 Å². The van der Waals surface area contributed by atoms with Gasteiger partial charge in [0, 0.05) is 25.7 Å². The van der Waals surface area contributed by atoms with Gasteiger partial charge >= 0.3 is 0 Å². The first-order valence-electron chi connectivity index (χ1n) is 8.40. The van der Waals surface area contributed by atoms with E-state index in [-0.39, 0.29) is 0 Å². The van der Waals surface area contributed by atoms with Crippen molar-refractivity contribution in [2.75, 3.05) is 25.0 Å². The monoisotopic (exact) mass is 326 g/mol. The van der Waals surface area contributed by atoms with Gasteiger partial charge in [-0.15, -0.1) is 0 Å². The van der Waals surface area contributed by atoms with Crippen LogP contribution in [0.5, 0.6) is 0 Å². The summed E-state index contributed by atoms with van der Waals surface area (Å²) in [5.74, 6) is 2.90. The van der Waals surface area contributed by atoms with E-state index >= 15 is 0 Å². The van der Waals surface area contributed by atoms with Crippen LogP contribution in [0.25, 0.3) is 0 Å². The Morgan fingerprint density at radius 2 is 2.38 bits per heavy atom. The molecule has 1 fully saturated rings. The van der Waals surface area contributed by atoms with Crippen LogP contribution in [0.1, 0.15) is 37.0 Å². The number of aryl methyl sites for hydroxylation is 1. The number of hydrogen-bond acceptors (Lipinski definition) is 7. The van der Waals surface area contributed by atoms with Gasteiger partial charge in [-0.25, -0.2) is 4.98 Å². The van der Waals surface area contributed by atoms with Gasteiger partial charge in [-0.05, 0) is 37.4 Å². The van der Waals surface area contributed by atoms with E-state index in [2.05, 4.69) is 38.3 Å². The van der Waals surface area contributed by atoms with Crippen LogP contribution in [0.4, 0.5) is 5.82 Å².